The number of aliphatic hydroxyl groups is 2. The van der Waals surface area contributed by atoms with Crippen molar-refractivity contribution in [3.63, 3.8) is 0 Å². The number of H-pyrrole nitrogens is 1. The van der Waals surface area contributed by atoms with Crippen LogP contribution in [0.5, 0.6) is 0 Å². The molecule has 3 aromatic heterocycles. The summed E-state index contributed by atoms with van der Waals surface area (Å²) in [6.45, 7) is 8.45. The molecule has 0 radical (unpaired) electrons. The average Bonchev–Trinajstić information content (AvgIpc) is 3.59. The van der Waals surface area contributed by atoms with Crippen LogP contribution in [0.25, 0.3) is 33.7 Å². The average molecular weight is 478 g/mol. The monoisotopic (exact) mass is 477 g/mol. The molecule has 0 saturated carbocycles. The van der Waals surface area contributed by atoms with E-state index >= 15 is 0 Å². The molecule has 5 rings (SSSR count). The molecule has 0 aliphatic carbocycles. The van der Waals surface area contributed by atoms with E-state index < -0.39 is 5.41 Å². The largest absolute Gasteiger partial charge is 0.396 e. The number of aliphatic hydroxyl groups excluding tert-OH is 2. The molecule has 0 atom stereocenters. The number of imidazole rings is 2. The van der Waals surface area contributed by atoms with Gasteiger partial charge in [0.25, 0.3) is 0 Å². The Kier molecular flexibility index (Phi) is 7.77. The van der Waals surface area contributed by atoms with Crippen LogP contribution in [0.4, 0.5) is 5.95 Å². The summed E-state index contributed by atoms with van der Waals surface area (Å²) in [6.07, 6.45) is 8.04. The number of nitrogens with zero attached hydrogens (tertiary/aromatic N) is 6. The van der Waals surface area contributed by atoms with E-state index in [2.05, 4.69) is 66.8 Å². The number of anilines is 1. The van der Waals surface area contributed by atoms with Gasteiger partial charge in [0, 0.05) is 42.4 Å². The number of aromatic amines is 1. The van der Waals surface area contributed by atoms with E-state index in [0.29, 0.717) is 37.5 Å². The Morgan fingerprint density at radius 2 is 1.66 bits per heavy atom. The van der Waals surface area contributed by atoms with Crippen molar-refractivity contribution >= 4 is 17.1 Å². The van der Waals surface area contributed by atoms with Gasteiger partial charge in [0.05, 0.1) is 31.6 Å². The number of hydrogen-bond donors (Lipinski definition) is 3. The molecule has 35 heavy (non-hydrogen) atoms. The zero-order chi connectivity index (χ0) is 24.8. The van der Waals surface area contributed by atoms with Crippen LogP contribution in [0.1, 0.15) is 40.0 Å². The van der Waals surface area contributed by atoms with Crippen LogP contribution < -0.4 is 4.90 Å². The van der Waals surface area contributed by atoms with Crippen LogP contribution in [0.2, 0.25) is 0 Å². The summed E-state index contributed by atoms with van der Waals surface area (Å²) in [5, 5.41) is 19.4. The van der Waals surface area contributed by atoms with Gasteiger partial charge >= 0.3 is 0 Å². The summed E-state index contributed by atoms with van der Waals surface area (Å²) in [6, 6.07) is 8.24. The lowest BCUT2D eigenvalue weighted by Gasteiger charge is -2.39. The Labute approximate surface area is 205 Å². The highest BCUT2D eigenvalue weighted by molar-refractivity contribution is 5.88. The van der Waals surface area contributed by atoms with E-state index in [1.165, 1.54) is 0 Å². The smallest absolute Gasteiger partial charge is 0.228 e. The number of nitrogens with one attached hydrogen (secondary N) is 1. The molecule has 0 amide bonds. The van der Waals surface area contributed by atoms with E-state index in [0.717, 1.165) is 41.0 Å². The number of benzene rings is 1. The lowest BCUT2D eigenvalue weighted by atomic mass is 9.80. The quantitative estimate of drug-likeness (QED) is 0.370. The highest BCUT2D eigenvalue weighted by Crippen LogP contribution is 2.33. The molecule has 1 aromatic carbocycles. The fourth-order valence-electron chi connectivity index (χ4n) is 4.41. The van der Waals surface area contributed by atoms with E-state index in [1.54, 1.807) is 6.33 Å². The van der Waals surface area contributed by atoms with E-state index in [-0.39, 0.29) is 13.2 Å². The topological polar surface area (TPSA) is 116 Å². The van der Waals surface area contributed by atoms with Gasteiger partial charge in [0.15, 0.2) is 5.65 Å². The van der Waals surface area contributed by atoms with Crippen molar-refractivity contribution in [3.8, 4) is 22.5 Å². The van der Waals surface area contributed by atoms with E-state index in [9.17, 15) is 10.2 Å². The van der Waals surface area contributed by atoms with Gasteiger partial charge < -0.3 is 24.7 Å². The molecule has 1 fully saturated rings. The third-order valence-corrected chi connectivity index (χ3v) is 6.62. The molecule has 1 aliphatic heterocycles. The molecule has 4 aromatic rings. The molecule has 0 unspecified atom stereocenters. The standard InChI is InChI=1S/C24H29N7O2.C2H6/c1-2-9-30-12-19(27-16-30)17-3-5-18(6-4-17)20-21-22(26-15-25-21)29-23(28-20)31-10-7-24(13-32,14-33)8-11-31;1-2/h3-6,12,15-16,32-33H,2,7-11,13-14H2,1H3,(H,25,26,28,29);1-2H3. The summed E-state index contributed by atoms with van der Waals surface area (Å²) < 4.78 is 2.11. The summed E-state index contributed by atoms with van der Waals surface area (Å²) in [4.78, 5) is 23.8. The Hall–Kier alpha value is -3.30. The number of aryl methyl sites for hydroxylation is 1. The molecular formula is C26H35N7O2. The molecule has 1 saturated heterocycles. The molecule has 0 spiro atoms. The summed E-state index contributed by atoms with van der Waals surface area (Å²) in [7, 11) is 0. The van der Waals surface area contributed by atoms with Gasteiger partial charge in [-0.15, -0.1) is 0 Å². The first kappa shape index (κ1) is 24.8. The number of aromatic nitrogens is 6. The van der Waals surface area contributed by atoms with Crippen LogP contribution in [0, 0.1) is 5.41 Å². The predicted molar refractivity (Wildman–Crippen MR) is 138 cm³/mol. The molecule has 1 aliphatic rings. The molecule has 0 bridgehead atoms. The number of fused-ring (bicyclic) bond motifs is 1. The van der Waals surface area contributed by atoms with Gasteiger partial charge in [-0.3, -0.25) is 0 Å². The van der Waals surface area contributed by atoms with Gasteiger partial charge in [0.2, 0.25) is 5.95 Å². The van der Waals surface area contributed by atoms with Crippen molar-refractivity contribution in [1.82, 2.24) is 29.5 Å². The summed E-state index contributed by atoms with van der Waals surface area (Å²) in [5.41, 5.74) is 4.79. The van der Waals surface area contributed by atoms with Crippen LogP contribution >= 0.6 is 0 Å². The minimum absolute atomic E-state index is 0.00905. The Morgan fingerprint density at radius 3 is 2.31 bits per heavy atom. The zero-order valence-electron chi connectivity index (χ0n) is 20.8. The van der Waals surface area contributed by atoms with E-state index in [4.69, 9.17) is 4.98 Å². The maximum absolute atomic E-state index is 9.71. The van der Waals surface area contributed by atoms with Gasteiger partial charge in [-0.2, -0.15) is 4.98 Å². The van der Waals surface area contributed by atoms with Crippen molar-refractivity contribution in [2.24, 2.45) is 5.41 Å². The van der Waals surface area contributed by atoms with Crippen molar-refractivity contribution in [3.05, 3.63) is 43.1 Å². The zero-order valence-corrected chi connectivity index (χ0v) is 20.8. The SMILES string of the molecule is CC.CCCn1cnc(-c2ccc(-c3nc(N4CCC(CO)(CO)CC4)nc4nc[nH]c34)cc2)c1. The van der Waals surface area contributed by atoms with Crippen LogP contribution in [0.3, 0.4) is 0 Å². The second-order valence-electron chi connectivity index (χ2n) is 8.85. The third kappa shape index (κ3) is 5.06. The molecule has 3 N–H and O–H groups in total. The number of hydrogen-bond acceptors (Lipinski definition) is 7. The Morgan fingerprint density at radius 1 is 0.971 bits per heavy atom. The first-order valence-corrected chi connectivity index (χ1v) is 12.4. The van der Waals surface area contributed by atoms with Gasteiger partial charge in [-0.05, 0) is 19.3 Å². The fourth-order valence-corrected chi connectivity index (χ4v) is 4.41. The normalized spacial score (nSPS) is 15.2. The highest BCUT2D eigenvalue weighted by atomic mass is 16.3. The van der Waals surface area contributed by atoms with Gasteiger partial charge in [-0.25, -0.2) is 15.0 Å². The van der Waals surface area contributed by atoms with Crippen molar-refractivity contribution in [2.75, 3.05) is 31.2 Å². The second-order valence-corrected chi connectivity index (χ2v) is 8.85. The maximum Gasteiger partial charge on any atom is 0.228 e. The summed E-state index contributed by atoms with van der Waals surface area (Å²) >= 11 is 0. The maximum atomic E-state index is 9.71. The second kappa shape index (κ2) is 11.0. The Bertz CT molecular complexity index is 1220. The number of rotatable bonds is 7. The minimum atomic E-state index is -0.421. The molecule has 9 nitrogen and oxygen atoms in total. The molecule has 186 valence electrons. The molecular weight excluding hydrogens is 442 g/mol. The highest BCUT2D eigenvalue weighted by Gasteiger charge is 2.34. The minimum Gasteiger partial charge on any atom is -0.396 e. The number of piperidine rings is 1. The van der Waals surface area contributed by atoms with Gasteiger partial charge in [0.1, 0.15) is 11.2 Å². The molecule has 4 heterocycles. The van der Waals surface area contributed by atoms with Crippen LogP contribution in [-0.4, -0.2) is 66.0 Å². The van der Waals surface area contributed by atoms with Crippen LogP contribution in [-0.2, 0) is 6.54 Å². The molecule has 9 heteroatoms. The first-order valence-electron chi connectivity index (χ1n) is 12.4. The van der Waals surface area contributed by atoms with Crippen molar-refractivity contribution in [2.45, 2.75) is 46.6 Å². The van der Waals surface area contributed by atoms with E-state index in [1.807, 2.05) is 20.2 Å². The Balaban J connectivity index is 0.00000141. The summed E-state index contributed by atoms with van der Waals surface area (Å²) in [5.74, 6) is 0.622. The predicted octanol–water partition coefficient (Wildman–Crippen LogP) is 3.89. The first-order chi connectivity index (χ1) is 17.1. The van der Waals surface area contributed by atoms with Crippen molar-refractivity contribution < 1.29 is 10.2 Å². The third-order valence-electron chi connectivity index (χ3n) is 6.62. The van der Waals surface area contributed by atoms with Crippen molar-refractivity contribution in [1.29, 1.82) is 0 Å². The fraction of sp³-hybridized carbons (Fsp3) is 0.462. The van der Waals surface area contributed by atoms with Crippen LogP contribution in [0.15, 0.2) is 43.1 Å². The lowest BCUT2D eigenvalue weighted by Crippen LogP contribution is -2.44. The lowest BCUT2D eigenvalue weighted by molar-refractivity contribution is 0.0338. The van der Waals surface area contributed by atoms with Gasteiger partial charge in [-0.1, -0.05) is 45.0 Å².